The summed E-state index contributed by atoms with van der Waals surface area (Å²) in [5.41, 5.74) is 1.44. The van der Waals surface area contributed by atoms with E-state index in [1.807, 2.05) is 31.2 Å². The summed E-state index contributed by atoms with van der Waals surface area (Å²) in [5.74, 6) is 2.01. The van der Waals surface area contributed by atoms with Gasteiger partial charge in [-0.15, -0.1) is 0 Å². The third-order valence-electron chi connectivity index (χ3n) is 4.69. The van der Waals surface area contributed by atoms with Gasteiger partial charge in [0, 0.05) is 25.6 Å². The topological polar surface area (TPSA) is 74.0 Å². The van der Waals surface area contributed by atoms with Gasteiger partial charge in [0.05, 0.1) is 32.4 Å². The van der Waals surface area contributed by atoms with E-state index in [0.29, 0.717) is 42.5 Å². The van der Waals surface area contributed by atoms with Crippen LogP contribution < -0.4 is 9.47 Å². The van der Waals surface area contributed by atoms with Crippen LogP contribution in [0, 0.1) is 0 Å². The van der Waals surface area contributed by atoms with Gasteiger partial charge >= 0.3 is 0 Å². The Morgan fingerprint density at radius 1 is 1.30 bits per heavy atom. The highest BCUT2D eigenvalue weighted by atomic mass is 16.5. The molecule has 1 fully saturated rings. The molecule has 3 rings (SSSR count). The van der Waals surface area contributed by atoms with Crippen molar-refractivity contribution >= 4 is 5.91 Å². The molecule has 0 bridgehead atoms. The minimum absolute atomic E-state index is 0.0778. The first-order chi connectivity index (χ1) is 13.1. The Balaban J connectivity index is 1.78. The number of hydrogen-bond donors (Lipinski definition) is 0. The molecule has 1 saturated heterocycles. The van der Waals surface area contributed by atoms with Crippen LogP contribution in [0.4, 0.5) is 0 Å². The molecule has 2 heterocycles. The number of hydrogen-bond acceptors (Lipinski definition) is 6. The van der Waals surface area contributed by atoms with Crippen LogP contribution in [-0.2, 0) is 16.1 Å². The van der Waals surface area contributed by atoms with E-state index >= 15 is 0 Å². The number of benzene rings is 1. The van der Waals surface area contributed by atoms with E-state index in [2.05, 4.69) is 5.16 Å². The van der Waals surface area contributed by atoms with Crippen molar-refractivity contribution < 1.29 is 23.5 Å². The minimum Gasteiger partial charge on any atom is -0.497 e. The molecule has 1 aliphatic heterocycles. The lowest BCUT2D eigenvalue weighted by Crippen LogP contribution is -2.36. The molecule has 1 atom stereocenters. The predicted molar refractivity (Wildman–Crippen MR) is 99.7 cm³/mol. The third-order valence-corrected chi connectivity index (χ3v) is 4.69. The van der Waals surface area contributed by atoms with Crippen molar-refractivity contribution in [2.75, 3.05) is 27.4 Å². The number of aromatic nitrogens is 1. The first-order valence-corrected chi connectivity index (χ1v) is 9.22. The molecule has 0 saturated carbocycles. The van der Waals surface area contributed by atoms with Crippen molar-refractivity contribution in [3.8, 4) is 22.8 Å². The summed E-state index contributed by atoms with van der Waals surface area (Å²) < 4.78 is 21.9. The summed E-state index contributed by atoms with van der Waals surface area (Å²) in [5, 5.41) is 4.15. The number of carbonyl (C=O) groups is 1. The number of rotatable bonds is 8. The fraction of sp³-hybridized carbons (Fsp3) is 0.500. The van der Waals surface area contributed by atoms with E-state index in [1.54, 1.807) is 19.1 Å². The molecule has 0 unspecified atom stereocenters. The molecule has 27 heavy (non-hydrogen) atoms. The third kappa shape index (κ3) is 4.60. The van der Waals surface area contributed by atoms with Gasteiger partial charge in [0.1, 0.15) is 17.2 Å². The van der Waals surface area contributed by atoms with Crippen LogP contribution in [0.5, 0.6) is 11.5 Å². The van der Waals surface area contributed by atoms with E-state index in [1.165, 1.54) is 0 Å². The molecule has 0 aliphatic carbocycles. The zero-order valence-corrected chi connectivity index (χ0v) is 16.1. The maximum absolute atomic E-state index is 12.3. The first-order valence-electron chi connectivity index (χ1n) is 9.22. The van der Waals surface area contributed by atoms with Gasteiger partial charge in [0.2, 0.25) is 5.91 Å². The fourth-order valence-electron chi connectivity index (χ4n) is 3.23. The number of amides is 1. The molecule has 0 radical (unpaired) electrons. The summed E-state index contributed by atoms with van der Waals surface area (Å²) in [7, 11) is 3.21. The van der Waals surface area contributed by atoms with Crippen LogP contribution in [0.2, 0.25) is 0 Å². The average molecular weight is 374 g/mol. The first kappa shape index (κ1) is 19.2. The zero-order chi connectivity index (χ0) is 19.2. The molecule has 1 aliphatic rings. The second-order valence-electron chi connectivity index (χ2n) is 6.51. The predicted octanol–water partition coefficient (Wildman–Crippen LogP) is 3.28. The normalized spacial score (nSPS) is 16.3. The Bertz CT molecular complexity index is 767. The molecule has 1 aromatic carbocycles. The van der Waals surface area contributed by atoms with Gasteiger partial charge in [0.15, 0.2) is 5.76 Å². The van der Waals surface area contributed by atoms with Crippen LogP contribution in [0.3, 0.4) is 0 Å². The van der Waals surface area contributed by atoms with Crippen molar-refractivity contribution in [3.05, 3.63) is 30.0 Å². The molecule has 1 aromatic heterocycles. The van der Waals surface area contributed by atoms with E-state index in [0.717, 1.165) is 25.0 Å². The second-order valence-corrected chi connectivity index (χ2v) is 6.51. The molecule has 1 amide bonds. The van der Waals surface area contributed by atoms with E-state index in [4.69, 9.17) is 18.7 Å². The molecule has 7 nitrogen and oxygen atoms in total. The van der Waals surface area contributed by atoms with Crippen molar-refractivity contribution in [2.24, 2.45) is 0 Å². The van der Waals surface area contributed by atoms with Gasteiger partial charge in [-0.1, -0.05) is 12.1 Å². The van der Waals surface area contributed by atoms with Crippen LogP contribution in [0.1, 0.15) is 31.9 Å². The van der Waals surface area contributed by atoms with Gasteiger partial charge < -0.3 is 23.6 Å². The van der Waals surface area contributed by atoms with Crippen LogP contribution in [0.15, 0.2) is 28.8 Å². The summed E-state index contributed by atoms with van der Waals surface area (Å²) >= 11 is 0. The van der Waals surface area contributed by atoms with Gasteiger partial charge in [-0.3, -0.25) is 4.79 Å². The molecule has 7 heteroatoms. The summed E-state index contributed by atoms with van der Waals surface area (Å²) in [6.07, 6.45) is 2.58. The summed E-state index contributed by atoms with van der Waals surface area (Å²) in [6, 6.07) is 7.32. The highest BCUT2D eigenvalue weighted by Crippen LogP contribution is 2.34. The number of methoxy groups -OCH3 is 2. The molecule has 0 spiro atoms. The highest BCUT2D eigenvalue weighted by Gasteiger charge is 2.23. The van der Waals surface area contributed by atoms with Crippen molar-refractivity contribution in [2.45, 2.75) is 38.8 Å². The Hall–Kier alpha value is -2.54. The summed E-state index contributed by atoms with van der Waals surface area (Å²) in [4.78, 5) is 14.1. The van der Waals surface area contributed by atoms with Gasteiger partial charge in [-0.05, 0) is 31.0 Å². The lowest BCUT2D eigenvalue weighted by Gasteiger charge is -2.24. The number of ether oxygens (including phenoxy) is 3. The van der Waals surface area contributed by atoms with Crippen LogP contribution in [0.25, 0.3) is 11.3 Å². The maximum atomic E-state index is 12.3. The van der Waals surface area contributed by atoms with Crippen molar-refractivity contribution in [3.63, 3.8) is 0 Å². The second kappa shape index (κ2) is 8.90. The Kier molecular flexibility index (Phi) is 6.34. The summed E-state index contributed by atoms with van der Waals surface area (Å²) in [6.45, 7) is 3.60. The molecular formula is C20H26N2O5. The van der Waals surface area contributed by atoms with E-state index in [-0.39, 0.29) is 12.0 Å². The van der Waals surface area contributed by atoms with E-state index in [9.17, 15) is 4.79 Å². The average Bonchev–Trinajstić information content (AvgIpc) is 3.38. The number of nitrogens with zero attached hydrogens (tertiary/aromatic N) is 2. The minimum atomic E-state index is 0.0778. The molecular weight excluding hydrogens is 348 g/mol. The Morgan fingerprint density at radius 3 is 2.81 bits per heavy atom. The SMILES string of the molecule is CCC(=O)N(Cc1cc(-c2cc(OC)ccc2OC)on1)C[C@H]1CCCO1. The Morgan fingerprint density at radius 2 is 2.15 bits per heavy atom. The van der Waals surface area contributed by atoms with E-state index < -0.39 is 0 Å². The van der Waals surface area contributed by atoms with Crippen molar-refractivity contribution in [1.82, 2.24) is 10.1 Å². The molecule has 0 N–H and O–H groups in total. The lowest BCUT2D eigenvalue weighted by molar-refractivity contribution is -0.133. The van der Waals surface area contributed by atoms with Gasteiger partial charge in [0.25, 0.3) is 0 Å². The zero-order valence-electron chi connectivity index (χ0n) is 16.1. The molecule has 146 valence electrons. The Labute approximate surface area is 159 Å². The van der Waals surface area contributed by atoms with Crippen molar-refractivity contribution in [1.29, 1.82) is 0 Å². The lowest BCUT2D eigenvalue weighted by atomic mass is 10.1. The highest BCUT2D eigenvalue weighted by molar-refractivity contribution is 5.76. The largest absolute Gasteiger partial charge is 0.497 e. The van der Waals surface area contributed by atoms with Crippen LogP contribution in [-0.4, -0.2) is 49.4 Å². The number of carbonyl (C=O) groups excluding carboxylic acids is 1. The van der Waals surface area contributed by atoms with Gasteiger partial charge in [-0.2, -0.15) is 0 Å². The van der Waals surface area contributed by atoms with Crippen LogP contribution >= 0.6 is 0 Å². The monoisotopic (exact) mass is 374 g/mol. The smallest absolute Gasteiger partial charge is 0.222 e. The molecule has 2 aromatic rings. The quantitative estimate of drug-likeness (QED) is 0.706. The fourth-order valence-corrected chi connectivity index (χ4v) is 3.23. The maximum Gasteiger partial charge on any atom is 0.222 e. The standard InChI is InChI=1S/C20H26N2O5/c1-4-20(23)22(13-16-6-5-9-26-16)12-14-10-19(27-21-14)17-11-15(24-2)7-8-18(17)25-3/h7-8,10-11,16H,4-6,9,12-13H2,1-3H3/t16-/m1/s1. The van der Waals surface area contributed by atoms with Gasteiger partial charge in [-0.25, -0.2) is 0 Å².